The maximum Gasteiger partial charge on any atom is 0.306 e. The Labute approximate surface area is 367 Å². The normalized spacial score (nSPS) is 19.8. The molecule has 6 atom stereocenters. The molecule has 1 unspecified atom stereocenters. The second-order valence-corrected chi connectivity index (χ2v) is 17.9. The summed E-state index contributed by atoms with van der Waals surface area (Å²) in [6.45, 7) is 3.60. The number of carbonyl (C=O) groups is 3. The zero-order valence-corrected chi connectivity index (χ0v) is 38.7. The second kappa shape index (κ2) is 34.3. The highest BCUT2D eigenvalue weighted by molar-refractivity contribution is 7.45. The van der Waals surface area contributed by atoms with Gasteiger partial charge in [-0.2, -0.15) is 0 Å². The molecule has 12 nitrogen and oxygen atoms in total. The fraction of sp³-hybridized carbons (Fsp3) is 0.646. The first-order valence-electron chi connectivity index (χ1n) is 22.4. The Hall–Kier alpha value is -3.22. The first kappa shape index (κ1) is 55.8. The average Bonchev–Trinajstić information content (AvgIpc) is 3.47. The molecule has 346 valence electrons. The SMILES string of the molecule is CC/C=C\C/C=C\C/C=C\C/C=C\C/C=C\CCCC(=O)OC[C@H](COP(=O)([O-])OCC[N+](C)(C)C)OC(=O)CCC/C=C\C[C@H]1C(=O)C[C@@H](O)[C@@H]1/C=C/[C@@H](O)CCCCC. The molecule has 0 radical (unpaired) electrons. The largest absolute Gasteiger partial charge is 0.756 e. The molecule has 0 heterocycles. The standard InChI is InChI=1S/C48H78NO11P/c1-6-8-10-11-12-13-14-15-16-17-18-19-20-21-22-23-28-32-47(53)57-39-42(40-59-61(55,56)58-37-36-49(3,4)5)60-48(54)33-29-25-24-27-31-43-44(46(52)38-45(43)51)35-34-41(50)30-26-9-7-2/h8,10,12-13,15-16,18-19,21-22,24,27,34-35,41-44,46,50,52H,6-7,9,11,14,17,20,23,25-26,28-33,36-40H2,1-5H3/b10-8-,13-12-,16-15-,19-18-,22-21-,27-24-,35-34+/t41-,42+,43+,44+,46+/m0/s1. The summed E-state index contributed by atoms with van der Waals surface area (Å²) in [6.07, 6.45) is 37.0. The number of nitrogens with zero attached hydrogens (tertiary/aromatic N) is 1. The number of phosphoric ester groups is 1. The lowest BCUT2D eigenvalue weighted by molar-refractivity contribution is -0.870. The molecule has 1 rings (SSSR count). The van der Waals surface area contributed by atoms with E-state index in [1.165, 1.54) is 0 Å². The molecule has 0 aliphatic heterocycles. The highest BCUT2D eigenvalue weighted by Crippen LogP contribution is 2.38. The van der Waals surface area contributed by atoms with E-state index in [1.54, 1.807) is 12.2 Å². The topological polar surface area (TPSA) is 169 Å². The minimum atomic E-state index is -4.72. The monoisotopic (exact) mass is 876 g/mol. The Morgan fingerprint density at radius 1 is 0.803 bits per heavy atom. The number of carbonyl (C=O) groups excluding carboxylic acids is 3. The van der Waals surface area contributed by atoms with Crippen LogP contribution in [0.4, 0.5) is 0 Å². The highest BCUT2D eigenvalue weighted by Gasteiger charge is 2.39. The van der Waals surface area contributed by atoms with Crippen molar-refractivity contribution in [2.45, 2.75) is 141 Å². The number of rotatable bonds is 35. The third-order valence-corrected chi connectivity index (χ3v) is 10.7. The van der Waals surface area contributed by atoms with E-state index >= 15 is 0 Å². The second-order valence-electron chi connectivity index (χ2n) is 16.5. The predicted octanol–water partition coefficient (Wildman–Crippen LogP) is 8.75. The molecule has 0 amide bonds. The lowest BCUT2D eigenvalue weighted by atomic mass is 9.90. The summed E-state index contributed by atoms with van der Waals surface area (Å²) in [5.41, 5.74) is 0. The number of likely N-dealkylation sites (N-methyl/N-ethyl adjacent to an activating group) is 1. The van der Waals surface area contributed by atoms with Crippen LogP contribution in [0, 0.1) is 11.8 Å². The minimum Gasteiger partial charge on any atom is -0.756 e. The van der Waals surface area contributed by atoms with E-state index in [-0.39, 0.29) is 50.1 Å². The molecule has 1 fully saturated rings. The number of allylic oxidation sites excluding steroid dienone is 12. The van der Waals surface area contributed by atoms with Gasteiger partial charge >= 0.3 is 11.9 Å². The van der Waals surface area contributed by atoms with Crippen LogP contribution in [-0.2, 0) is 37.5 Å². The van der Waals surface area contributed by atoms with Gasteiger partial charge in [0.15, 0.2) is 6.10 Å². The highest BCUT2D eigenvalue weighted by atomic mass is 31.2. The van der Waals surface area contributed by atoms with Crippen molar-refractivity contribution in [2.75, 3.05) is 47.5 Å². The molecule has 0 spiro atoms. The Bertz CT molecular complexity index is 1480. The van der Waals surface area contributed by atoms with Crippen molar-refractivity contribution >= 4 is 25.5 Å². The van der Waals surface area contributed by atoms with Gasteiger partial charge in [-0.15, -0.1) is 0 Å². The maximum absolute atomic E-state index is 12.8. The average molecular weight is 876 g/mol. The van der Waals surface area contributed by atoms with Crippen molar-refractivity contribution in [3.05, 3.63) is 85.1 Å². The number of hydrogen-bond acceptors (Lipinski definition) is 11. The molecule has 1 saturated carbocycles. The van der Waals surface area contributed by atoms with Crippen LogP contribution in [0.5, 0.6) is 0 Å². The van der Waals surface area contributed by atoms with Crippen LogP contribution < -0.4 is 4.89 Å². The fourth-order valence-electron chi connectivity index (χ4n) is 6.20. The van der Waals surface area contributed by atoms with Crippen molar-refractivity contribution in [1.29, 1.82) is 0 Å². The van der Waals surface area contributed by atoms with Gasteiger partial charge in [-0.1, -0.05) is 118 Å². The number of quaternary nitrogens is 1. The van der Waals surface area contributed by atoms with Crippen LogP contribution in [0.1, 0.15) is 123 Å². The van der Waals surface area contributed by atoms with E-state index in [9.17, 15) is 34.1 Å². The molecule has 61 heavy (non-hydrogen) atoms. The molecule has 2 N–H and O–H groups in total. The third-order valence-electron chi connectivity index (χ3n) is 9.77. The number of aliphatic hydroxyl groups excluding tert-OH is 2. The van der Waals surface area contributed by atoms with Crippen molar-refractivity contribution in [3.63, 3.8) is 0 Å². The van der Waals surface area contributed by atoms with Crippen molar-refractivity contribution in [3.8, 4) is 0 Å². The first-order chi connectivity index (χ1) is 29.2. The summed E-state index contributed by atoms with van der Waals surface area (Å²) in [4.78, 5) is 50.3. The third kappa shape index (κ3) is 31.3. The molecule has 13 heteroatoms. The smallest absolute Gasteiger partial charge is 0.306 e. The molecule has 1 aliphatic carbocycles. The molecule has 0 aromatic heterocycles. The van der Waals surface area contributed by atoms with Crippen molar-refractivity contribution < 1.29 is 57.1 Å². The minimum absolute atomic E-state index is 0.0133. The Kier molecular flexibility index (Phi) is 31.4. The first-order valence-corrected chi connectivity index (χ1v) is 23.9. The van der Waals surface area contributed by atoms with E-state index in [2.05, 4.69) is 62.5 Å². The van der Waals surface area contributed by atoms with Gasteiger partial charge in [0, 0.05) is 31.1 Å². The van der Waals surface area contributed by atoms with Crippen LogP contribution in [0.15, 0.2) is 85.1 Å². The quantitative estimate of drug-likeness (QED) is 0.0205. The van der Waals surface area contributed by atoms with Crippen LogP contribution in [0.2, 0.25) is 0 Å². The molecule has 1 aliphatic rings. The summed E-state index contributed by atoms with van der Waals surface area (Å²) in [5.74, 6) is -1.88. The molecule has 0 aromatic carbocycles. The summed E-state index contributed by atoms with van der Waals surface area (Å²) < 4.78 is 33.7. The van der Waals surface area contributed by atoms with Crippen LogP contribution >= 0.6 is 7.82 Å². The van der Waals surface area contributed by atoms with E-state index < -0.39 is 44.7 Å². The lowest BCUT2D eigenvalue weighted by Crippen LogP contribution is -2.37. The Morgan fingerprint density at radius 3 is 1.97 bits per heavy atom. The number of ketones is 1. The van der Waals surface area contributed by atoms with E-state index in [0.717, 1.165) is 51.4 Å². The summed E-state index contributed by atoms with van der Waals surface area (Å²) in [5, 5.41) is 20.7. The summed E-state index contributed by atoms with van der Waals surface area (Å²) >= 11 is 0. The van der Waals surface area contributed by atoms with Gasteiger partial charge in [0.1, 0.15) is 25.5 Å². The Balaban J connectivity index is 2.56. The van der Waals surface area contributed by atoms with E-state index in [4.69, 9.17) is 18.5 Å². The maximum atomic E-state index is 12.8. The van der Waals surface area contributed by atoms with Gasteiger partial charge in [0.25, 0.3) is 7.82 Å². The number of aliphatic hydroxyl groups is 2. The number of ether oxygens (including phenoxy) is 2. The number of phosphoric acid groups is 1. The number of esters is 2. The van der Waals surface area contributed by atoms with E-state index in [1.807, 2.05) is 45.4 Å². The Morgan fingerprint density at radius 2 is 1.38 bits per heavy atom. The van der Waals surface area contributed by atoms with Gasteiger partial charge in [-0.05, 0) is 70.6 Å². The number of Topliss-reactive ketones (excluding diaryl/α,β-unsaturated/α-hetero) is 1. The summed E-state index contributed by atoms with van der Waals surface area (Å²) in [7, 11) is 0.954. The van der Waals surface area contributed by atoms with Gasteiger partial charge in [-0.3, -0.25) is 18.9 Å². The molecular weight excluding hydrogens is 797 g/mol. The molecule has 0 saturated heterocycles. The van der Waals surface area contributed by atoms with Crippen LogP contribution in [0.3, 0.4) is 0 Å². The predicted molar refractivity (Wildman–Crippen MR) is 241 cm³/mol. The van der Waals surface area contributed by atoms with Crippen molar-refractivity contribution in [1.82, 2.24) is 0 Å². The van der Waals surface area contributed by atoms with Crippen molar-refractivity contribution in [2.24, 2.45) is 11.8 Å². The molecule has 0 bridgehead atoms. The van der Waals surface area contributed by atoms with Crippen LogP contribution in [0.25, 0.3) is 0 Å². The van der Waals surface area contributed by atoms with Gasteiger partial charge in [-0.25, -0.2) is 0 Å². The fourth-order valence-corrected chi connectivity index (χ4v) is 6.93. The van der Waals surface area contributed by atoms with Crippen LogP contribution in [-0.4, -0.2) is 98.2 Å². The molecular formula is C48H78NO11P. The molecule has 0 aromatic rings. The van der Waals surface area contributed by atoms with Gasteiger partial charge in [0.05, 0.1) is 40.0 Å². The lowest BCUT2D eigenvalue weighted by Gasteiger charge is -2.28. The summed E-state index contributed by atoms with van der Waals surface area (Å²) in [6, 6.07) is 0. The van der Waals surface area contributed by atoms with E-state index in [0.29, 0.717) is 49.6 Å². The number of unbranched alkanes of at least 4 members (excludes halogenated alkanes) is 4. The van der Waals surface area contributed by atoms with Gasteiger partial charge < -0.3 is 38.1 Å². The van der Waals surface area contributed by atoms with Gasteiger partial charge in [0.2, 0.25) is 0 Å². The zero-order valence-electron chi connectivity index (χ0n) is 37.8. The zero-order chi connectivity index (χ0) is 45.2. The number of hydrogen-bond donors (Lipinski definition) is 2.